The monoisotopic (exact) mass is 163 g/mol. The Bertz CT molecular complexity index is 121. The van der Waals surface area contributed by atoms with Gasteiger partial charge in [0.15, 0.2) is 0 Å². The third-order valence-corrected chi connectivity index (χ3v) is 1.31. The maximum absolute atomic E-state index is 12.4. The Labute approximate surface area is 66.5 Å². The van der Waals surface area contributed by atoms with Crippen molar-refractivity contribution < 1.29 is 8.78 Å². The molecule has 0 aliphatic heterocycles. The molecule has 0 aliphatic rings. The Balaban J connectivity index is 3.45. The summed E-state index contributed by atoms with van der Waals surface area (Å²) < 4.78 is 24.9. The van der Waals surface area contributed by atoms with Crippen molar-refractivity contribution in [2.45, 2.75) is 32.2 Å². The Morgan fingerprint density at radius 3 is 2.45 bits per heavy atom. The maximum Gasteiger partial charge on any atom is 0.267 e. The summed E-state index contributed by atoms with van der Waals surface area (Å²) in [6, 6.07) is 0.260. The van der Waals surface area contributed by atoms with Crippen molar-refractivity contribution >= 4 is 0 Å². The van der Waals surface area contributed by atoms with Gasteiger partial charge in [-0.15, -0.1) is 0 Å². The molecule has 1 nitrogen and oxygen atoms in total. The molecule has 0 aliphatic carbocycles. The molecule has 0 unspecified atom stereocenters. The Morgan fingerprint density at radius 2 is 2.09 bits per heavy atom. The number of rotatable bonds is 5. The summed E-state index contributed by atoms with van der Waals surface area (Å²) in [6.07, 6.45) is 0.518. The van der Waals surface area contributed by atoms with Crippen LogP contribution in [0.3, 0.4) is 0 Å². The molecular formula is C8H15F2N. The van der Waals surface area contributed by atoms with Gasteiger partial charge in [-0.1, -0.05) is 20.4 Å². The van der Waals surface area contributed by atoms with Gasteiger partial charge in [-0.05, 0) is 6.08 Å². The second kappa shape index (κ2) is 4.44. The smallest absolute Gasteiger partial charge is 0.267 e. The molecule has 0 saturated carbocycles. The van der Waals surface area contributed by atoms with E-state index in [1.54, 1.807) is 0 Å². The molecule has 0 amide bonds. The van der Waals surface area contributed by atoms with Crippen LogP contribution in [-0.2, 0) is 0 Å². The summed E-state index contributed by atoms with van der Waals surface area (Å²) >= 11 is 0. The number of hydrogen-bond acceptors (Lipinski definition) is 1. The predicted octanol–water partition coefficient (Wildman–Crippen LogP) is 2.20. The molecule has 0 rings (SSSR count). The molecule has 0 bridgehead atoms. The molecule has 0 aromatic carbocycles. The lowest BCUT2D eigenvalue weighted by Crippen LogP contribution is -2.28. The van der Waals surface area contributed by atoms with Crippen LogP contribution < -0.4 is 5.32 Å². The van der Waals surface area contributed by atoms with E-state index in [1.807, 2.05) is 13.8 Å². The third kappa shape index (κ3) is 5.98. The summed E-state index contributed by atoms with van der Waals surface area (Å²) in [5, 5.41) is 2.91. The third-order valence-electron chi connectivity index (χ3n) is 1.31. The number of hydrogen-bond donors (Lipinski definition) is 1. The number of nitrogens with one attached hydrogen (secondary N) is 1. The van der Waals surface area contributed by atoms with Crippen LogP contribution in [0.2, 0.25) is 0 Å². The molecule has 66 valence electrons. The summed E-state index contributed by atoms with van der Waals surface area (Å²) in [7, 11) is 0. The van der Waals surface area contributed by atoms with Crippen LogP contribution in [0.4, 0.5) is 8.78 Å². The van der Waals surface area contributed by atoms with E-state index in [9.17, 15) is 8.78 Å². The van der Waals surface area contributed by atoms with Crippen LogP contribution in [0.1, 0.15) is 20.3 Å². The first kappa shape index (κ1) is 10.6. The average Bonchev–Trinajstić information content (AvgIpc) is 1.87. The van der Waals surface area contributed by atoms with Crippen molar-refractivity contribution in [2.24, 2.45) is 0 Å². The SMILES string of the molecule is C=CC(F)(F)CCNC(C)C. The summed E-state index contributed by atoms with van der Waals surface area (Å²) in [4.78, 5) is 0. The first-order valence-electron chi connectivity index (χ1n) is 3.73. The molecule has 0 heterocycles. The first-order valence-corrected chi connectivity index (χ1v) is 3.73. The van der Waals surface area contributed by atoms with E-state index in [1.165, 1.54) is 0 Å². The predicted molar refractivity (Wildman–Crippen MR) is 42.9 cm³/mol. The molecule has 0 fully saturated rings. The molecule has 0 aromatic rings. The van der Waals surface area contributed by atoms with Crippen molar-refractivity contribution in [2.75, 3.05) is 6.54 Å². The standard InChI is InChI=1S/C8H15F2N/c1-4-8(9,10)5-6-11-7(2)3/h4,7,11H,1,5-6H2,2-3H3. The second-order valence-corrected chi connectivity index (χ2v) is 2.82. The zero-order chi connectivity index (χ0) is 8.91. The van der Waals surface area contributed by atoms with Gasteiger partial charge >= 0.3 is 0 Å². The van der Waals surface area contributed by atoms with Gasteiger partial charge in [0.1, 0.15) is 0 Å². The van der Waals surface area contributed by atoms with E-state index in [4.69, 9.17) is 0 Å². The fourth-order valence-electron chi connectivity index (χ4n) is 0.630. The quantitative estimate of drug-likeness (QED) is 0.612. The van der Waals surface area contributed by atoms with Gasteiger partial charge in [-0.3, -0.25) is 0 Å². The van der Waals surface area contributed by atoms with Crippen LogP contribution in [0.15, 0.2) is 12.7 Å². The summed E-state index contributed by atoms with van der Waals surface area (Å²) in [5.41, 5.74) is 0. The van der Waals surface area contributed by atoms with Crippen LogP contribution in [0, 0.1) is 0 Å². The van der Waals surface area contributed by atoms with Gasteiger partial charge in [0.05, 0.1) is 0 Å². The van der Waals surface area contributed by atoms with Gasteiger partial charge in [0.25, 0.3) is 5.92 Å². The fourth-order valence-corrected chi connectivity index (χ4v) is 0.630. The Hall–Kier alpha value is -0.440. The van der Waals surface area contributed by atoms with E-state index in [2.05, 4.69) is 11.9 Å². The lowest BCUT2D eigenvalue weighted by Gasteiger charge is -2.12. The molecule has 0 aromatic heterocycles. The van der Waals surface area contributed by atoms with Gasteiger partial charge in [0.2, 0.25) is 0 Å². The van der Waals surface area contributed by atoms with E-state index >= 15 is 0 Å². The van der Waals surface area contributed by atoms with Crippen LogP contribution in [-0.4, -0.2) is 18.5 Å². The first-order chi connectivity index (χ1) is 4.98. The lowest BCUT2D eigenvalue weighted by molar-refractivity contribution is 0.0459. The lowest BCUT2D eigenvalue weighted by atomic mass is 10.2. The highest BCUT2D eigenvalue weighted by Gasteiger charge is 2.22. The molecule has 11 heavy (non-hydrogen) atoms. The van der Waals surface area contributed by atoms with Crippen LogP contribution in [0.5, 0.6) is 0 Å². The number of alkyl halides is 2. The van der Waals surface area contributed by atoms with E-state index < -0.39 is 5.92 Å². The van der Waals surface area contributed by atoms with Crippen molar-refractivity contribution in [3.63, 3.8) is 0 Å². The minimum atomic E-state index is -2.72. The van der Waals surface area contributed by atoms with Crippen LogP contribution >= 0.6 is 0 Å². The van der Waals surface area contributed by atoms with Crippen molar-refractivity contribution in [3.8, 4) is 0 Å². The highest BCUT2D eigenvalue weighted by molar-refractivity contribution is 4.87. The van der Waals surface area contributed by atoms with Crippen molar-refractivity contribution in [1.82, 2.24) is 5.32 Å². The molecule has 0 saturated heterocycles. The minimum absolute atomic E-state index is 0.172. The molecule has 0 spiro atoms. The molecule has 0 radical (unpaired) electrons. The summed E-state index contributed by atoms with van der Waals surface area (Å²) in [5.74, 6) is -2.72. The highest BCUT2D eigenvalue weighted by atomic mass is 19.3. The summed E-state index contributed by atoms with van der Waals surface area (Å²) in [6.45, 7) is 7.23. The van der Waals surface area contributed by atoms with E-state index in [0.717, 1.165) is 0 Å². The van der Waals surface area contributed by atoms with Gasteiger partial charge < -0.3 is 5.32 Å². The highest BCUT2D eigenvalue weighted by Crippen LogP contribution is 2.17. The molecule has 0 atom stereocenters. The Kier molecular flexibility index (Phi) is 4.26. The second-order valence-electron chi connectivity index (χ2n) is 2.82. The van der Waals surface area contributed by atoms with Crippen molar-refractivity contribution in [1.29, 1.82) is 0 Å². The molecule has 3 heteroatoms. The van der Waals surface area contributed by atoms with Gasteiger partial charge in [-0.25, -0.2) is 8.78 Å². The average molecular weight is 163 g/mol. The topological polar surface area (TPSA) is 12.0 Å². The number of halogens is 2. The Morgan fingerprint density at radius 1 is 1.55 bits per heavy atom. The van der Waals surface area contributed by atoms with E-state index in [0.29, 0.717) is 12.6 Å². The maximum atomic E-state index is 12.4. The van der Waals surface area contributed by atoms with Crippen LogP contribution in [0.25, 0.3) is 0 Å². The normalized spacial score (nSPS) is 12.1. The largest absolute Gasteiger partial charge is 0.314 e. The van der Waals surface area contributed by atoms with Gasteiger partial charge in [-0.2, -0.15) is 0 Å². The molecular weight excluding hydrogens is 148 g/mol. The number of allylic oxidation sites excluding steroid dienone is 1. The van der Waals surface area contributed by atoms with Crippen molar-refractivity contribution in [3.05, 3.63) is 12.7 Å². The fraction of sp³-hybridized carbons (Fsp3) is 0.750. The van der Waals surface area contributed by atoms with E-state index in [-0.39, 0.29) is 12.5 Å². The minimum Gasteiger partial charge on any atom is -0.314 e. The van der Waals surface area contributed by atoms with Gasteiger partial charge in [0, 0.05) is 19.0 Å². The zero-order valence-corrected chi connectivity index (χ0v) is 7.03. The molecule has 1 N–H and O–H groups in total. The zero-order valence-electron chi connectivity index (χ0n) is 7.03.